The minimum absolute atomic E-state index is 0.646. The summed E-state index contributed by atoms with van der Waals surface area (Å²) in [6, 6.07) is 9.37. The molecule has 2 heteroatoms. The average molecular weight is 263 g/mol. The molecule has 0 bridgehead atoms. The second-order valence-corrected chi connectivity index (χ2v) is 6.75. The number of hydrogen-bond acceptors (Lipinski definition) is 2. The third kappa shape index (κ3) is 3.23. The molecular weight excluding hydrogens is 238 g/mol. The predicted molar refractivity (Wildman–Crippen MR) is 82.4 cm³/mol. The molecule has 3 atom stereocenters. The predicted octanol–water partition coefficient (Wildman–Crippen LogP) is 5.04. The zero-order valence-electron chi connectivity index (χ0n) is 11.8. The molecule has 1 nitrogen and oxygen atoms in total. The zero-order chi connectivity index (χ0) is 13.0. The highest BCUT2D eigenvalue weighted by Gasteiger charge is 2.27. The Morgan fingerprint density at radius 3 is 2.78 bits per heavy atom. The molecule has 1 saturated carbocycles. The van der Waals surface area contributed by atoms with Crippen molar-refractivity contribution in [3.8, 4) is 0 Å². The Kier molecular flexibility index (Phi) is 4.99. The number of nitrogens with one attached hydrogen (secondary N) is 1. The van der Waals surface area contributed by atoms with E-state index in [9.17, 15) is 0 Å². The first-order valence-electron chi connectivity index (χ1n) is 7.20. The van der Waals surface area contributed by atoms with E-state index in [1.165, 1.54) is 29.8 Å². The molecule has 3 unspecified atom stereocenters. The molecule has 1 aliphatic carbocycles. The van der Waals surface area contributed by atoms with Crippen molar-refractivity contribution in [3.05, 3.63) is 24.3 Å². The van der Waals surface area contributed by atoms with E-state index < -0.39 is 0 Å². The van der Waals surface area contributed by atoms with Gasteiger partial charge in [0.25, 0.3) is 0 Å². The van der Waals surface area contributed by atoms with Crippen molar-refractivity contribution in [2.24, 2.45) is 11.8 Å². The van der Waals surface area contributed by atoms with Crippen LogP contribution in [0.25, 0.3) is 0 Å². The molecule has 0 amide bonds. The molecule has 1 aliphatic rings. The lowest BCUT2D eigenvalue weighted by Crippen LogP contribution is -2.35. The van der Waals surface area contributed by atoms with E-state index in [2.05, 4.69) is 50.4 Å². The van der Waals surface area contributed by atoms with Crippen molar-refractivity contribution in [2.45, 2.75) is 51.0 Å². The van der Waals surface area contributed by atoms with Gasteiger partial charge in [-0.1, -0.05) is 45.7 Å². The van der Waals surface area contributed by atoms with Gasteiger partial charge in [-0.2, -0.15) is 0 Å². The van der Waals surface area contributed by atoms with Crippen LogP contribution in [0.4, 0.5) is 5.69 Å². The zero-order valence-corrected chi connectivity index (χ0v) is 12.6. The van der Waals surface area contributed by atoms with Gasteiger partial charge in [0.1, 0.15) is 0 Å². The Hall–Kier alpha value is -0.630. The standard InChI is InChI=1S/C16H25NS/c1-4-18-16-11-6-5-9-15(16)17-14-10-7-8-12(2)13(14)3/h5-6,9,11-14,17H,4,7-8,10H2,1-3H3. The Morgan fingerprint density at radius 1 is 1.22 bits per heavy atom. The molecule has 0 saturated heterocycles. The smallest absolute Gasteiger partial charge is 0.0480 e. The van der Waals surface area contributed by atoms with Gasteiger partial charge >= 0.3 is 0 Å². The van der Waals surface area contributed by atoms with Gasteiger partial charge in [-0.25, -0.2) is 0 Å². The fourth-order valence-corrected chi connectivity index (χ4v) is 3.62. The van der Waals surface area contributed by atoms with Crippen molar-refractivity contribution in [2.75, 3.05) is 11.1 Å². The largest absolute Gasteiger partial charge is 0.381 e. The lowest BCUT2D eigenvalue weighted by molar-refractivity contribution is 0.253. The van der Waals surface area contributed by atoms with Gasteiger partial charge in [-0.05, 0) is 36.1 Å². The third-order valence-corrected chi connectivity index (χ3v) is 5.19. The number of hydrogen-bond donors (Lipinski definition) is 1. The topological polar surface area (TPSA) is 12.0 Å². The minimum atomic E-state index is 0.646. The van der Waals surface area contributed by atoms with Crippen LogP contribution in [0.15, 0.2) is 29.2 Å². The SMILES string of the molecule is CCSc1ccccc1NC1CCCC(C)C1C. The van der Waals surface area contributed by atoms with Crippen molar-refractivity contribution in [1.29, 1.82) is 0 Å². The maximum atomic E-state index is 3.79. The maximum absolute atomic E-state index is 3.79. The van der Waals surface area contributed by atoms with Crippen LogP contribution in [0.3, 0.4) is 0 Å². The second-order valence-electron chi connectivity index (χ2n) is 5.45. The minimum Gasteiger partial charge on any atom is -0.381 e. The van der Waals surface area contributed by atoms with Crippen LogP contribution in [0.5, 0.6) is 0 Å². The molecule has 18 heavy (non-hydrogen) atoms. The number of thioether (sulfide) groups is 1. The van der Waals surface area contributed by atoms with Crippen LogP contribution in [-0.2, 0) is 0 Å². The Balaban J connectivity index is 2.08. The van der Waals surface area contributed by atoms with E-state index in [0.29, 0.717) is 6.04 Å². The highest BCUT2D eigenvalue weighted by molar-refractivity contribution is 7.99. The van der Waals surface area contributed by atoms with Crippen LogP contribution in [-0.4, -0.2) is 11.8 Å². The van der Waals surface area contributed by atoms with Crippen molar-refractivity contribution in [3.63, 3.8) is 0 Å². The third-order valence-electron chi connectivity index (χ3n) is 4.23. The second kappa shape index (κ2) is 6.51. The summed E-state index contributed by atoms with van der Waals surface area (Å²) < 4.78 is 0. The summed E-state index contributed by atoms with van der Waals surface area (Å²) in [6.07, 6.45) is 4.08. The van der Waals surface area contributed by atoms with Crippen LogP contribution >= 0.6 is 11.8 Å². The van der Waals surface area contributed by atoms with Crippen molar-refractivity contribution in [1.82, 2.24) is 0 Å². The van der Waals surface area contributed by atoms with Crippen molar-refractivity contribution >= 4 is 17.4 Å². The quantitative estimate of drug-likeness (QED) is 0.764. The molecule has 0 aliphatic heterocycles. The van der Waals surface area contributed by atoms with Gasteiger partial charge in [0.05, 0.1) is 0 Å². The maximum Gasteiger partial charge on any atom is 0.0480 e. The molecule has 1 aromatic carbocycles. The van der Waals surface area contributed by atoms with Gasteiger partial charge in [-0.3, -0.25) is 0 Å². The monoisotopic (exact) mass is 263 g/mol. The lowest BCUT2D eigenvalue weighted by Gasteiger charge is -2.35. The lowest BCUT2D eigenvalue weighted by atomic mass is 9.78. The number of benzene rings is 1. The first kappa shape index (κ1) is 13.8. The first-order chi connectivity index (χ1) is 8.72. The number of anilines is 1. The molecule has 100 valence electrons. The van der Waals surface area contributed by atoms with Gasteiger partial charge in [0.15, 0.2) is 0 Å². The molecule has 1 fully saturated rings. The molecule has 1 N–H and O–H groups in total. The Morgan fingerprint density at radius 2 is 2.00 bits per heavy atom. The summed E-state index contributed by atoms with van der Waals surface area (Å²) >= 11 is 1.93. The van der Waals surface area contributed by atoms with E-state index in [0.717, 1.165) is 17.6 Å². The Bertz CT molecular complexity index is 377. The van der Waals surface area contributed by atoms with Crippen LogP contribution in [0.1, 0.15) is 40.0 Å². The Labute approximate surface area is 116 Å². The molecule has 0 spiro atoms. The summed E-state index contributed by atoms with van der Waals surface area (Å²) in [4.78, 5) is 1.39. The highest BCUT2D eigenvalue weighted by atomic mass is 32.2. The number of rotatable bonds is 4. The molecule has 0 heterocycles. The summed E-state index contributed by atoms with van der Waals surface area (Å²) in [5.41, 5.74) is 1.33. The first-order valence-corrected chi connectivity index (χ1v) is 8.19. The van der Waals surface area contributed by atoms with Crippen LogP contribution in [0, 0.1) is 11.8 Å². The van der Waals surface area contributed by atoms with E-state index in [1.807, 2.05) is 11.8 Å². The normalized spacial score (nSPS) is 28.1. The van der Waals surface area contributed by atoms with Gasteiger partial charge in [-0.15, -0.1) is 11.8 Å². The molecule has 0 aromatic heterocycles. The van der Waals surface area contributed by atoms with Gasteiger partial charge in [0.2, 0.25) is 0 Å². The van der Waals surface area contributed by atoms with E-state index in [1.54, 1.807) is 0 Å². The fourth-order valence-electron chi connectivity index (χ4n) is 2.85. The molecular formula is C16H25NS. The summed E-state index contributed by atoms with van der Waals surface area (Å²) in [6.45, 7) is 7.01. The molecule has 0 radical (unpaired) electrons. The van der Waals surface area contributed by atoms with Crippen LogP contribution in [0.2, 0.25) is 0 Å². The van der Waals surface area contributed by atoms with Gasteiger partial charge < -0.3 is 5.32 Å². The molecule has 2 rings (SSSR count). The summed E-state index contributed by atoms with van der Waals surface area (Å²) in [5, 5.41) is 3.79. The average Bonchev–Trinajstić information content (AvgIpc) is 2.37. The van der Waals surface area contributed by atoms with Crippen molar-refractivity contribution < 1.29 is 0 Å². The summed E-state index contributed by atoms with van der Waals surface area (Å²) in [5.74, 6) is 2.76. The van der Waals surface area contributed by atoms with E-state index in [4.69, 9.17) is 0 Å². The fraction of sp³-hybridized carbons (Fsp3) is 0.625. The summed E-state index contributed by atoms with van der Waals surface area (Å²) in [7, 11) is 0. The number of para-hydroxylation sites is 1. The van der Waals surface area contributed by atoms with E-state index >= 15 is 0 Å². The van der Waals surface area contributed by atoms with E-state index in [-0.39, 0.29) is 0 Å². The molecule has 1 aromatic rings. The highest BCUT2D eigenvalue weighted by Crippen LogP contribution is 2.34. The van der Waals surface area contributed by atoms with Gasteiger partial charge in [0, 0.05) is 16.6 Å². The van der Waals surface area contributed by atoms with Crippen LogP contribution < -0.4 is 5.32 Å².